The van der Waals surface area contributed by atoms with Crippen LogP contribution in [0.25, 0.3) is 0 Å². The van der Waals surface area contributed by atoms with Crippen molar-refractivity contribution in [3.8, 4) is 0 Å². The summed E-state index contributed by atoms with van der Waals surface area (Å²) in [4.78, 5) is 1.31. The molecule has 2 aromatic carbocycles. The molecule has 2 rings (SSSR count). The van der Waals surface area contributed by atoms with Gasteiger partial charge in [0, 0.05) is 16.2 Å². The zero-order chi connectivity index (χ0) is 13.8. The van der Waals surface area contributed by atoms with E-state index in [2.05, 4.69) is 38.1 Å². The Morgan fingerprint density at radius 3 is 2.68 bits per heavy atom. The first kappa shape index (κ1) is 13.7. The predicted molar refractivity (Wildman–Crippen MR) is 82.9 cm³/mol. The zero-order valence-corrected chi connectivity index (χ0v) is 12.1. The molecule has 0 amide bonds. The number of rotatable bonds is 4. The van der Waals surface area contributed by atoms with Crippen LogP contribution in [-0.2, 0) is 5.75 Å². The number of nitrogens with one attached hydrogen (secondary N) is 1. The fourth-order valence-corrected chi connectivity index (χ4v) is 2.92. The molecule has 0 saturated heterocycles. The maximum Gasteiger partial charge on any atom is 0.122 e. The summed E-state index contributed by atoms with van der Waals surface area (Å²) in [6.07, 6.45) is 0. The number of hydrogen-bond donors (Lipinski definition) is 2. The highest BCUT2D eigenvalue weighted by Gasteiger charge is 2.02. The molecule has 0 bridgehead atoms. The molecule has 98 valence electrons. The minimum Gasteiger partial charge on any atom is -0.384 e. The van der Waals surface area contributed by atoms with Crippen molar-refractivity contribution in [1.82, 2.24) is 0 Å². The average Bonchev–Trinajstić information content (AvgIpc) is 2.40. The SMILES string of the molecule is Cc1ccc(C)c(SCc2cccc(C(=N)N)c2)c1. The van der Waals surface area contributed by atoms with Gasteiger partial charge < -0.3 is 5.73 Å². The molecule has 2 nitrogen and oxygen atoms in total. The van der Waals surface area contributed by atoms with Crippen LogP contribution in [0.2, 0.25) is 0 Å². The van der Waals surface area contributed by atoms with E-state index in [-0.39, 0.29) is 5.84 Å². The molecule has 0 aliphatic rings. The van der Waals surface area contributed by atoms with Crippen molar-refractivity contribution < 1.29 is 0 Å². The Hall–Kier alpha value is -1.74. The molecule has 0 aliphatic carbocycles. The molecule has 0 aromatic heterocycles. The number of nitrogen functional groups attached to an aromatic ring is 1. The Morgan fingerprint density at radius 1 is 1.16 bits per heavy atom. The van der Waals surface area contributed by atoms with Crippen molar-refractivity contribution in [3.63, 3.8) is 0 Å². The van der Waals surface area contributed by atoms with Gasteiger partial charge in [-0.1, -0.05) is 35.9 Å². The number of amidine groups is 1. The molecule has 0 fully saturated rings. The van der Waals surface area contributed by atoms with E-state index in [1.54, 1.807) is 0 Å². The predicted octanol–water partition coefficient (Wildman–Crippen LogP) is 3.88. The second kappa shape index (κ2) is 5.93. The van der Waals surface area contributed by atoms with Gasteiger partial charge in [0.2, 0.25) is 0 Å². The summed E-state index contributed by atoms with van der Waals surface area (Å²) < 4.78 is 0. The largest absolute Gasteiger partial charge is 0.384 e. The number of nitrogens with two attached hydrogens (primary N) is 1. The Balaban J connectivity index is 2.12. The minimum atomic E-state index is 0.124. The lowest BCUT2D eigenvalue weighted by atomic mass is 10.1. The lowest BCUT2D eigenvalue weighted by Crippen LogP contribution is -2.10. The van der Waals surface area contributed by atoms with Gasteiger partial charge in [0.05, 0.1) is 0 Å². The lowest BCUT2D eigenvalue weighted by Gasteiger charge is -2.08. The molecule has 3 N–H and O–H groups in total. The third kappa shape index (κ3) is 3.61. The summed E-state index contributed by atoms with van der Waals surface area (Å²) in [5, 5.41) is 7.46. The molecule has 0 saturated carbocycles. The van der Waals surface area contributed by atoms with Crippen LogP contribution in [0.5, 0.6) is 0 Å². The van der Waals surface area contributed by atoms with E-state index in [1.165, 1.54) is 21.6 Å². The molecule has 0 spiro atoms. The summed E-state index contributed by atoms with van der Waals surface area (Å²) in [5.74, 6) is 1.02. The third-order valence-electron chi connectivity index (χ3n) is 2.98. The number of aryl methyl sites for hydroxylation is 2. The maximum absolute atomic E-state index is 7.46. The zero-order valence-electron chi connectivity index (χ0n) is 11.2. The van der Waals surface area contributed by atoms with Crippen molar-refractivity contribution in [2.75, 3.05) is 0 Å². The molecule has 0 heterocycles. The minimum absolute atomic E-state index is 0.124. The molecule has 0 radical (unpaired) electrons. The van der Waals surface area contributed by atoms with Gasteiger partial charge in [-0.3, -0.25) is 5.41 Å². The van der Waals surface area contributed by atoms with Gasteiger partial charge in [0.25, 0.3) is 0 Å². The van der Waals surface area contributed by atoms with E-state index in [4.69, 9.17) is 11.1 Å². The van der Waals surface area contributed by atoms with Crippen molar-refractivity contribution in [1.29, 1.82) is 5.41 Å². The van der Waals surface area contributed by atoms with Gasteiger partial charge in [-0.15, -0.1) is 11.8 Å². The fourth-order valence-electron chi connectivity index (χ4n) is 1.85. The number of benzene rings is 2. The second-order valence-electron chi connectivity index (χ2n) is 4.67. The second-order valence-corrected chi connectivity index (χ2v) is 5.69. The van der Waals surface area contributed by atoms with Crippen LogP contribution in [0.15, 0.2) is 47.4 Å². The Labute approximate surface area is 118 Å². The van der Waals surface area contributed by atoms with Gasteiger partial charge >= 0.3 is 0 Å². The first-order chi connectivity index (χ1) is 9.06. The average molecular weight is 270 g/mol. The van der Waals surface area contributed by atoms with Crippen LogP contribution in [0.3, 0.4) is 0 Å². The molecular weight excluding hydrogens is 252 g/mol. The third-order valence-corrected chi connectivity index (χ3v) is 4.20. The summed E-state index contributed by atoms with van der Waals surface area (Å²) in [6.45, 7) is 4.24. The fraction of sp³-hybridized carbons (Fsp3) is 0.188. The lowest BCUT2D eigenvalue weighted by molar-refractivity contribution is 1.25. The van der Waals surface area contributed by atoms with E-state index >= 15 is 0 Å². The first-order valence-corrected chi connectivity index (χ1v) is 7.18. The van der Waals surface area contributed by atoms with Crippen LogP contribution in [0.4, 0.5) is 0 Å². The van der Waals surface area contributed by atoms with Crippen molar-refractivity contribution in [2.45, 2.75) is 24.5 Å². The quantitative estimate of drug-likeness (QED) is 0.503. The van der Waals surface area contributed by atoms with Crippen LogP contribution in [0, 0.1) is 19.3 Å². The molecule has 2 aromatic rings. The van der Waals surface area contributed by atoms with E-state index in [0.29, 0.717) is 0 Å². The van der Waals surface area contributed by atoms with Crippen LogP contribution >= 0.6 is 11.8 Å². The van der Waals surface area contributed by atoms with Crippen molar-refractivity contribution in [3.05, 3.63) is 64.7 Å². The maximum atomic E-state index is 7.46. The normalized spacial score (nSPS) is 10.4. The van der Waals surface area contributed by atoms with Gasteiger partial charge in [0.15, 0.2) is 0 Å². The van der Waals surface area contributed by atoms with E-state index in [1.807, 2.05) is 30.0 Å². The molecule has 19 heavy (non-hydrogen) atoms. The topological polar surface area (TPSA) is 49.9 Å². The Morgan fingerprint density at radius 2 is 1.95 bits per heavy atom. The summed E-state index contributed by atoms with van der Waals surface area (Å²) in [6, 6.07) is 14.4. The van der Waals surface area contributed by atoms with Crippen LogP contribution < -0.4 is 5.73 Å². The van der Waals surface area contributed by atoms with Crippen molar-refractivity contribution in [2.24, 2.45) is 5.73 Å². The van der Waals surface area contributed by atoms with Crippen molar-refractivity contribution >= 4 is 17.6 Å². The van der Waals surface area contributed by atoms with Gasteiger partial charge in [-0.2, -0.15) is 0 Å². The number of hydrogen-bond acceptors (Lipinski definition) is 2. The first-order valence-electron chi connectivity index (χ1n) is 6.19. The standard InChI is InChI=1S/C16H18N2S/c1-11-6-7-12(2)15(8-11)19-10-13-4-3-5-14(9-13)16(17)18/h3-9H,10H2,1-2H3,(H3,17,18). The smallest absolute Gasteiger partial charge is 0.122 e. The summed E-state index contributed by atoms with van der Waals surface area (Å²) in [5.41, 5.74) is 10.1. The van der Waals surface area contributed by atoms with Crippen LogP contribution in [-0.4, -0.2) is 5.84 Å². The van der Waals surface area contributed by atoms with Gasteiger partial charge in [-0.05, 0) is 37.1 Å². The molecular formula is C16H18N2S. The molecule has 0 aliphatic heterocycles. The Bertz CT molecular complexity index is 605. The Kier molecular flexibility index (Phi) is 4.27. The number of thioether (sulfide) groups is 1. The highest BCUT2D eigenvalue weighted by atomic mass is 32.2. The van der Waals surface area contributed by atoms with Gasteiger partial charge in [0.1, 0.15) is 5.84 Å². The highest BCUT2D eigenvalue weighted by molar-refractivity contribution is 7.98. The molecule has 3 heteroatoms. The van der Waals surface area contributed by atoms with Gasteiger partial charge in [-0.25, -0.2) is 0 Å². The van der Waals surface area contributed by atoms with Crippen LogP contribution in [0.1, 0.15) is 22.3 Å². The monoisotopic (exact) mass is 270 g/mol. The van der Waals surface area contributed by atoms with E-state index in [0.717, 1.165) is 11.3 Å². The summed E-state index contributed by atoms with van der Waals surface area (Å²) in [7, 11) is 0. The summed E-state index contributed by atoms with van der Waals surface area (Å²) >= 11 is 1.82. The molecule has 0 unspecified atom stereocenters. The highest BCUT2D eigenvalue weighted by Crippen LogP contribution is 2.27. The van der Waals surface area contributed by atoms with E-state index in [9.17, 15) is 0 Å². The van der Waals surface area contributed by atoms with E-state index < -0.39 is 0 Å². The molecule has 0 atom stereocenters.